The van der Waals surface area contributed by atoms with Crippen LogP contribution in [0.4, 0.5) is 11.5 Å². The van der Waals surface area contributed by atoms with Crippen LogP contribution in [0.2, 0.25) is 0 Å². The molecule has 0 radical (unpaired) electrons. The lowest BCUT2D eigenvalue weighted by atomic mass is 10.1. The molecule has 0 aliphatic carbocycles. The van der Waals surface area contributed by atoms with E-state index in [0.29, 0.717) is 33.9 Å². The summed E-state index contributed by atoms with van der Waals surface area (Å²) in [7, 11) is 0. The van der Waals surface area contributed by atoms with Crippen LogP contribution in [0.1, 0.15) is 11.1 Å². The van der Waals surface area contributed by atoms with E-state index in [1.165, 1.54) is 12.4 Å². The van der Waals surface area contributed by atoms with Gasteiger partial charge in [-0.15, -0.1) is 0 Å². The zero-order valence-electron chi connectivity index (χ0n) is 15.6. The van der Waals surface area contributed by atoms with Gasteiger partial charge >= 0.3 is 0 Å². The lowest BCUT2D eigenvalue weighted by Crippen LogP contribution is -1.95. The largest absolute Gasteiger partial charge is 0.438 e. The van der Waals surface area contributed by atoms with E-state index in [-0.39, 0.29) is 0 Å². The molecule has 4 aromatic rings. The van der Waals surface area contributed by atoms with E-state index in [9.17, 15) is 5.26 Å². The zero-order chi connectivity index (χ0) is 20.8. The van der Waals surface area contributed by atoms with Gasteiger partial charge in [0.1, 0.15) is 23.7 Å². The van der Waals surface area contributed by atoms with Gasteiger partial charge in [0.15, 0.2) is 0 Å². The summed E-state index contributed by atoms with van der Waals surface area (Å²) in [5.41, 5.74) is 2.87. The minimum absolute atomic E-state index is 0.316. The molecule has 3 aromatic heterocycles. The molecule has 0 fully saturated rings. The van der Waals surface area contributed by atoms with Crippen LogP contribution >= 0.6 is 0 Å². The van der Waals surface area contributed by atoms with Gasteiger partial charge in [-0.2, -0.15) is 10.5 Å². The first kappa shape index (κ1) is 18.6. The van der Waals surface area contributed by atoms with E-state index in [1.54, 1.807) is 36.7 Å². The standard InChI is InChI=1S/C23H14N6O/c24-11-16-9-18(15-26-13-16)21-10-17(12-25)14-28-23(21)30-20-6-4-19(5-7-20)29-22-3-1-2-8-27-22/h1-10,13-15H,(H,27,29). The van der Waals surface area contributed by atoms with Gasteiger partial charge < -0.3 is 10.1 Å². The predicted octanol–water partition coefficient (Wildman–Crippen LogP) is 4.82. The Bertz CT molecular complexity index is 1260. The highest BCUT2D eigenvalue weighted by Gasteiger charge is 2.12. The Morgan fingerprint density at radius 3 is 2.37 bits per heavy atom. The highest BCUT2D eigenvalue weighted by atomic mass is 16.5. The topological polar surface area (TPSA) is 108 Å². The van der Waals surface area contributed by atoms with Crippen LogP contribution in [0.25, 0.3) is 11.1 Å². The first-order chi connectivity index (χ1) is 14.7. The van der Waals surface area contributed by atoms with Gasteiger partial charge in [-0.25, -0.2) is 9.97 Å². The summed E-state index contributed by atoms with van der Waals surface area (Å²) in [6.07, 6.45) is 6.23. The molecule has 7 heteroatoms. The summed E-state index contributed by atoms with van der Waals surface area (Å²) in [6.45, 7) is 0. The van der Waals surface area contributed by atoms with Crippen molar-refractivity contribution in [3.8, 4) is 34.9 Å². The Labute approximate surface area is 172 Å². The summed E-state index contributed by atoms with van der Waals surface area (Å²) >= 11 is 0. The van der Waals surface area contributed by atoms with Crippen molar-refractivity contribution in [3.05, 3.63) is 90.5 Å². The van der Waals surface area contributed by atoms with Gasteiger partial charge in [0, 0.05) is 41.6 Å². The summed E-state index contributed by atoms with van der Waals surface area (Å²) in [4.78, 5) is 12.6. The first-order valence-corrected chi connectivity index (χ1v) is 8.97. The van der Waals surface area contributed by atoms with E-state index in [0.717, 1.165) is 11.5 Å². The van der Waals surface area contributed by atoms with Crippen LogP contribution in [0.5, 0.6) is 11.6 Å². The molecular formula is C23H14N6O. The normalized spacial score (nSPS) is 9.93. The number of benzene rings is 1. The van der Waals surface area contributed by atoms with Crippen molar-refractivity contribution in [1.82, 2.24) is 15.0 Å². The summed E-state index contributed by atoms with van der Waals surface area (Å²) < 4.78 is 5.97. The Morgan fingerprint density at radius 2 is 1.63 bits per heavy atom. The summed E-state index contributed by atoms with van der Waals surface area (Å²) in [5, 5.41) is 21.6. The average molecular weight is 390 g/mol. The molecule has 1 N–H and O–H groups in total. The molecule has 0 bridgehead atoms. The number of nitrogens with zero attached hydrogens (tertiary/aromatic N) is 5. The molecule has 0 amide bonds. The molecule has 0 aliphatic heterocycles. The van der Waals surface area contributed by atoms with Crippen LogP contribution in [0.15, 0.2) is 79.4 Å². The summed E-state index contributed by atoms with van der Waals surface area (Å²) in [5.74, 6) is 1.63. The lowest BCUT2D eigenvalue weighted by Gasteiger charge is -2.11. The molecule has 30 heavy (non-hydrogen) atoms. The van der Waals surface area contributed by atoms with Crippen LogP contribution in [-0.2, 0) is 0 Å². The molecular weight excluding hydrogens is 376 g/mol. The molecule has 0 saturated heterocycles. The maximum Gasteiger partial charge on any atom is 0.227 e. The Kier molecular flexibility index (Phi) is 5.28. The van der Waals surface area contributed by atoms with Crippen LogP contribution < -0.4 is 10.1 Å². The fourth-order valence-electron chi connectivity index (χ4n) is 2.75. The van der Waals surface area contributed by atoms with Crippen molar-refractivity contribution >= 4 is 11.5 Å². The van der Waals surface area contributed by atoms with Crippen LogP contribution in [-0.4, -0.2) is 15.0 Å². The summed E-state index contributed by atoms with van der Waals surface area (Å²) in [6, 6.07) is 20.4. The zero-order valence-corrected chi connectivity index (χ0v) is 15.6. The van der Waals surface area contributed by atoms with Gasteiger partial charge in [0.05, 0.1) is 11.1 Å². The fourth-order valence-corrected chi connectivity index (χ4v) is 2.75. The molecule has 0 saturated carbocycles. The maximum absolute atomic E-state index is 9.23. The van der Waals surface area contributed by atoms with Gasteiger partial charge in [-0.1, -0.05) is 6.07 Å². The van der Waals surface area contributed by atoms with Crippen LogP contribution in [0, 0.1) is 22.7 Å². The number of anilines is 2. The number of hydrogen-bond acceptors (Lipinski definition) is 7. The number of nitriles is 2. The Morgan fingerprint density at radius 1 is 0.833 bits per heavy atom. The quantitative estimate of drug-likeness (QED) is 0.520. The molecule has 0 spiro atoms. The maximum atomic E-state index is 9.23. The number of pyridine rings is 3. The van der Waals surface area contributed by atoms with Crippen molar-refractivity contribution in [2.75, 3.05) is 5.32 Å². The number of rotatable bonds is 5. The third-order valence-corrected chi connectivity index (χ3v) is 4.16. The number of hydrogen-bond donors (Lipinski definition) is 1. The third kappa shape index (κ3) is 4.22. The second kappa shape index (κ2) is 8.51. The number of nitrogens with one attached hydrogen (secondary N) is 1. The fraction of sp³-hybridized carbons (Fsp3) is 0. The highest BCUT2D eigenvalue weighted by Crippen LogP contribution is 2.32. The highest BCUT2D eigenvalue weighted by molar-refractivity contribution is 5.71. The predicted molar refractivity (Wildman–Crippen MR) is 111 cm³/mol. The van der Waals surface area contributed by atoms with Gasteiger partial charge in [-0.3, -0.25) is 4.98 Å². The average Bonchev–Trinajstić information content (AvgIpc) is 2.81. The van der Waals surface area contributed by atoms with Gasteiger partial charge in [0.2, 0.25) is 5.88 Å². The van der Waals surface area contributed by atoms with Crippen molar-refractivity contribution in [2.45, 2.75) is 0 Å². The minimum Gasteiger partial charge on any atom is -0.438 e. The Hall–Kier alpha value is -4.75. The van der Waals surface area contributed by atoms with Crippen molar-refractivity contribution in [2.24, 2.45) is 0 Å². The van der Waals surface area contributed by atoms with E-state index < -0.39 is 0 Å². The van der Waals surface area contributed by atoms with Gasteiger partial charge in [0.25, 0.3) is 0 Å². The van der Waals surface area contributed by atoms with E-state index in [1.807, 2.05) is 30.3 Å². The minimum atomic E-state index is 0.316. The van der Waals surface area contributed by atoms with Gasteiger partial charge in [-0.05, 0) is 48.5 Å². The van der Waals surface area contributed by atoms with Crippen LogP contribution in [0.3, 0.4) is 0 Å². The third-order valence-electron chi connectivity index (χ3n) is 4.16. The van der Waals surface area contributed by atoms with Crippen molar-refractivity contribution in [3.63, 3.8) is 0 Å². The van der Waals surface area contributed by atoms with Crippen molar-refractivity contribution < 1.29 is 4.74 Å². The molecule has 3 heterocycles. The number of ether oxygens (including phenoxy) is 1. The van der Waals surface area contributed by atoms with Crippen molar-refractivity contribution in [1.29, 1.82) is 10.5 Å². The first-order valence-electron chi connectivity index (χ1n) is 8.97. The number of aromatic nitrogens is 3. The molecule has 0 aliphatic rings. The SMILES string of the molecule is N#Cc1cncc(-c2cc(C#N)cnc2Oc2ccc(Nc3ccccn3)cc2)c1. The smallest absolute Gasteiger partial charge is 0.227 e. The molecule has 142 valence electrons. The lowest BCUT2D eigenvalue weighted by molar-refractivity contribution is 0.465. The molecule has 1 aromatic carbocycles. The molecule has 4 rings (SSSR count). The second-order valence-corrected chi connectivity index (χ2v) is 6.23. The van der Waals surface area contributed by atoms with E-state index in [4.69, 9.17) is 10.00 Å². The van der Waals surface area contributed by atoms with E-state index >= 15 is 0 Å². The molecule has 7 nitrogen and oxygen atoms in total. The second-order valence-electron chi connectivity index (χ2n) is 6.23. The Balaban J connectivity index is 1.61. The molecule has 0 unspecified atom stereocenters. The monoisotopic (exact) mass is 390 g/mol. The van der Waals surface area contributed by atoms with E-state index in [2.05, 4.69) is 32.4 Å². The molecule has 0 atom stereocenters.